The zero-order valence-electron chi connectivity index (χ0n) is 48.4. The number of nitrogens with zero attached hydrogens (tertiary/aromatic N) is 6. The van der Waals surface area contributed by atoms with Crippen molar-refractivity contribution in [2.75, 3.05) is 91.6 Å². The van der Waals surface area contributed by atoms with E-state index in [1.54, 1.807) is 80.3 Å². The van der Waals surface area contributed by atoms with Gasteiger partial charge in [-0.2, -0.15) is 0 Å². The van der Waals surface area contributed by atoms with Crippen molar-refractivity contribution in [3.8, 4) is 44.5 Å². The number of hydrogen-bond acceptors (Lipinski definition) is 14. The van der Waals surface area contributed by atoms with E-state index in [4.69, 9.17) is 9.97 Å². The summed E-state index contributed by atoms with van der Waals surface area (Å²) in [4.78, 5) is 123. The first-order valence-electron chi connectivity index (χ1n) is 28.7. The minimum atomic E-state index is -1.10. The highest BCUT2D eigenvalue weighted by atomic mass is 16.4. The topological polar surface area (TPSA) is 352 Å². The lowest BCUT2D eigenvalue weighted by Gasteiger charge is -2.32. The Kier molecular flexibility index (Phi) is 19.2. The molecule has 0 atom stereocenters. The number of benzene rings is 4. The van der Waals surface area contributed by atoms with Gasteiger partial charge in [0.25, 0.3) is 5.91 Å². The number of aromatic nitrogens is 4. The molecule has 24 heteroatoms. The summed E-state index contributed by atoms with van der Waals surface area (Å²) in [6.45, 7) is 1.02. The van der Waals surface area contributed by atoms with Crippen molar-refractivity contribution < 1.29 is 69.0 Å². The molecule has 8 bridgehead atoms. The summed E-state index contributed by atoms with van der Waals surface area (Å²) in [5.74, 6) is -7.29. The molecule has 0 radical (unpaired) electrons. The SMILES string of the molecule is O=C(O)CN1CCN(CC(=O)O)CCN(CC(=O)NCCNC(=O)c2ccc(-c3c4nc(c(-c5ccc(C(=O)O)cc5)c5ccc([nH]5)c(-c5ccc(C(=O)O)cc5)c5nc(c(-c6ccc(C(=O)O)cc6)c6ccc3[nH]6)C=C5)C=C4)cc2)CCN(CC(=O)O)CC1. The second kappa shape index (κ2) is 27.8. The van der Waals surface area contributed by atoms with Crippen molar-refractivity contribution >= 4 is 94.0 Å². The summed E-state index contributed by atoms with van der Waals surface area (Å²) in [5, 5.41) is 63.9. The van der Waals surface area contributed by atoms with Gasteiger partial charge in [0.1, 0.15) is 0 Å². The Bertz CT molecular complexity index is 4090. The number of carbonyl (C=O) groups is 8. The number of hydrogen-bond donors (Lipinski definition) is 10. The van der Waals surface area contributed by atoms with Crippen LogP contribution in [0.25, 0.3) is 90.9 Å². The summed E-state index contributed by atoms with van der Waals surface area (Å²) in [5.41, 5.74) is 10.2. The highest BCUT2D eigenvalue weighted by Gasteiger charge is 2.24. The van der Waals surface area contributed by atoms with E-state index < -0.39 is 41.7 Å². The Hall–Kier alpha value is -10.9. The van der Waals surface area contributed by atoms with Crippen molar-refractivity contribution in [1.82, 2.24) is 50.2 Å². The van der Waals surface area contributed by atoms with Crippen molar-refractivity contribution in [1.29, 1.82) is 0 Å². The number of fused-ring (bicyclic) bond motifs is 8. The van der Waals surface area contributed by atoms with Crippen LogP contribution in [-0.2, 0) is 19.2 Å². The number of carboxylic acid groups (broad SMARTS) is 6. The van der Waals surface area contributed by atoms with Gasteiger partial charge in [0, 0.05) is 115 Å². The maximum atomic E-state index is 13.7. The summed E-state index contributed by atoms with van der Waals surface area (Å²) >= 11 is 0. The largest absolute Gasteiger partial charge is 0.480 e. The molecule has 10 N–H and O–H groups in total. The predicted molar refractivity (Wildman–Crippen MR) is 335 cm³/mol. The number of aromatic carboxylic acids is 3. The van der Waals surface area contributed by atoms with Gasteiger partial charge < -0.3 is 51.2 Å². The Balaban J connectivity index is 0.965. The smallest absolute Gasteiger partial charge is 0.335 e. The van der Waals surface area contributed by atoms with E-state index in [9.17, 15) is 69.0 Å². The van der Waals surface area contributed by atoms with Crippen LogP contribution in [0.5, 0.6) is 0 Å². The van der Waals surface area contributed by atoms with Crippen LogP contribution in [0, 0.1) is 0 Å². The van der Waals surface area contributed by atoms with Gasteiger partial charge >= 0.3 is 35.8 Å². The van der Waals surface area contributed by atoms with Crippen LogP contribution in [0.3, 0.4) is 0 Å². The van der Waals surface area contributed by atoms with E-state index in [1.807, 2.05) is 48.6 Å². The lowest BCUT2D eigenvalue weighted by atomic mass is 10.0. The number of H-pyrrole nitrogens is 2. The van der Waals surface area contributed by atoms with Gasteiger partial charge in [-0.3, -0.25) is 43.6 Å². The van der Waals surface area contributed by atoms with Crippen molar-refractivity contribution in [2.45, 2.75) is 0 Å². The van der Waals surface area contributed by atoms with Crippen LogP contribution in [0.4, 0.5) is 0 Å². The molecular formula is C66H62N10O14. The molecular weight excluding hydrogens is 1160 g/mol. The molecule has 4 aromatic carbocycles. The lowest BCUT2D eigenvalue weighted by molar-refractivity contribution is -0.140. The van der Waals surface area contributed by atoms with Gasteiger partial charge in [-0.1, -0.05) is 48.5 Å². The normalized spacial score (nSPS) is 14.3. The molecule has 24 nitrogen and oxygen atoms in total. The Morgan fingerprint density at radius 2 is 0.600 bits per heavy atom. The van der Waals surface area contributed by atoms with Gasteiger partial charge in [-0.15, -0.1) is 0 Å². The average molecular weight is 1220 g/mol. The third kappa shape index (κ3) is 15.1. The summed E-state index contributed by atoms with van der Waals surface area (Å²) in [6.07, 6.45) is 7.41. The van der Waals surface area contributed by atoms with Crippen molar-refractivity contribution in [2.24, 2.45) is 0 Å². The van der Waals surface area contributed by atoms with Gasteiger partial charge in [0.2, 0.25) is 5.91 Å². The number of aliphatic carboxylic acids is 3. The first kappa shape index (κ1) is 62.1. The third-order valence-electron chi connectivity index (χ3n) is 15.6. The molecule has 3 aromatic heterocycles. The van der Waals surface area contributed by atoms with E-state index in [-0.39, 0.29) is 114 Å². The second-order valence-electron chi connectivity index (χ2n) is 21.6. The van der Waals surface area contributed by atoms with Crippen LogP contribution in [0.1, 0.15) is 64.2 Å². The molecule has 0 spiro atoms. The van der Waals surface area contributed by atoms with E-state index in [1.165, 1.54) is 36.4 Å². The average Bonchev–Trinajstić information content (AvgIpc) is 1.68. The van der Waals surface area contributed by atoms with E-state index in [0.717, 1.165) is 0 Å². The molecule has 0 unspecified atom stereocenters. The number of nitrogens with one attached hydrogen (secondary N) is 4. The number of aromatic amines is 2. The Morgan fingerprint density at radius 3 is 0.867 bits per heavy atom. The molecule has 90 heavy (non-hydrogen) atoms. The highest BCUT2D eigenvalue weighted by molar-refractivity contribution is 6.02. The molecule has 10 rings (SSSR count). The first-order valence-corrected chi connectivity index (χ1v) is 28.7. The summed E-state index contributed by atoms with van der Waals surface area (Å²) in [6, 6.07) is 33.7. The molecule has 3 aliphatic heterocycles. The summed E-state index contributed by atoms with van der Waals surface area (Å²) < 4.78 is 0. The molecule has 0 aliphatic carbocycles. The van der Waals surface area contributed by atoms with Crippen molar-refractivity contribution in [3.05, 3.63) is 166 Å². The molecule has 1 saturated heterocycles. The molecule has 460 valence electrons. The zero-order valence-corrected chi connectivity index (χ0v) is 48.4. The highest BCUT2D eigenvalue weighted by Crippen LogP contribution is 2.39. The fourth-order valence-electron chi connectivity index (χ4n) is 11.1. The maximum absolute atomic E-state index is 13.7. The minimum Gasteiger partial charge on any atom is -0.480 e. The number of amides is 2. The third-order valence-corrected chi connectivity index (χ3v) is 15.6. The van der Waals surface area contributed by atoms with Crippen LogP contribution in [-0.4, -0.2) is 209 Å². The second-order valence-corrected chi connectivity index (χ2v) is 21.6. The Labute approximate surface area is 513 Å². The van der Waals surface area contributed by atoms with Crippen LogP contribution < -0.4 is 10.6 Å². The monoisotopic (exact) mass is 1220 g/mol. The quantitative estimate of drug-likeness (QED) is 0.0375. The molecule has 3 aliphatic rings. The fraction of sp³-hybridized carbons (Fsp3) is 0.212. The number of carboxylic acids is 6. The first-order chi connectivity index (χ1) is 43.3. The van der Waals surface area contributed by atoms with E-state index in [0.29, 0.717) is 94.9 Å². The number of rotatable bonds is 19. The minimum absolute atomic E-state index is 0.0534. The van der Waals surface area contributed by atoms with E-state index >= 15 is 0 Å². The predicted octanol–water partition coefficient (Wildman–Crippen LogP) is 6.74. The van der Waals surface area contributed by atoms with Gasteiger partial charge in [0.15, 0.2) is 0 Å². The maximum Gasteiger partial charge on any atom is 0.335 e. The number of carbonyl (C=O) groups excluding carboxylic acids is 2. The summed E-state index contributed by atoms with van der Waals surface area (Å²) in [7, 11) is 0. The van der Waals surface area contributed by atoms with Crippen molar-refractivity contribution in [3.63, 3.8) is 0 Å². The van der Waals surface area contributed by atoms with Crippen LogP contribution in [0.2, 0.25) is 0 Å². The molecule has 1 fully saturated rings. The van der Waals surface area contributed by atoms with Gasteiger partial charge in [-0.25, -0.2) is 24.4 Å². The zero-order chi connectivity index (χ0) is 63.6. The van der Waals surface area contributed by atoms with Gasteiger partial charge in [-0.05, 0) is 119 Å². The molecule has 6 heterocycles. The van der Waals surface area contributed by atoms with Crippen LogP contribution >= 0.6 is 0 Å². The molecule has 7 aromatic rings. The Morgan fingerprint density at radius 1 is 0.344 bits per heavy atom. The van der Waals surface area contributed by atoms with Gasteiger partial charge in [0.05, 0.1) is 65.6 Å². The van der Waals surface area contributed by atoms with Crippen LogP contribution in [0.15, 0.2) is 121 Å². The standard InChI is InChI=1S/C66H62N10O14/c77-55(35-73-27-29-74(36-56(78)79)31-33-76(38-58(82)83)34-32-75(30-28-73)37-57(80)81)67-25-26-68-63(84)43-9-1-39(2-10-43)59-47-17-19-49(69-47)60(40-3-11-44(12-4-40)64(85)86)51-21-23-53(71-51)62(42-7-15-46(16-8-42)66(89)90)54-24-22-52(72-54)61(50-20-18-48(59)70-50)41-5-13-45(14-6-41)65(87)88/h1-24,69,72H,25-38H2,(H,67,77)(H,68,84)(H,78,79)(H,80,81)(H,82,83)(H,85,86)(H,87,88)(H,89,90). The van der Waals surface area contributed by atoms with E-state index in [2.05, 4.69) is 20.6 Å². The molecule has 0 saturated carbocycles. The lowest BCUT2D eigenvalue weighted by Crippen LogP contribution is -2.50. The fourth-order valence-corrected chi connectivity index (χ4v) is 11.1. The molecule has 2 amide bonds.